The molecule has 0 fully saturated rings. The van der Waals surface area contributed by atoms with E-state index in [-0.39, 0.29) is 23.9 Å². The first-order valence-electron chi connectivity index (χ1n) is 13.4. The highest BCUT2D eigenvalue weighted by molar-refractivity contribution is 5.95. The van der Waals surface area contributed by atoms with Crippen LogP contribution < -0.4 is 19.8 Å². The van der Waals surface area contributed by atoms with Gasteiger partial charge in [-0.1, -0.05) is 30.3 Å². The zero-order valence-electron chi connectivity index (χ0n) is 21.3. The average Bonchev–Trinajstić information content (AvgIpc) is 3.58. The third-order valence-electron chi connectivity index (χ3n) is 8.09. The number of aryl methyl sites for hydroxylation is 2. The molecule has 3 aliphatic rings. The van der Waals surface area contributed by atoms with Gasteiger partial charge in [-0.25, -0.2) is 4.79 Å². The minimum Gasteiger partial charge on any atom is -0.493 e. The van der Waals surface area contributed by atoms with E-state index in [1.807, 2.05) is 43.3 Å². The van der Waals surface area contributed by atoms with Crippen molar-refractivity contribution in [1.82, 2.24) is 0 Å². The molecule has 7 rings (SSSR count). The molecule has 0 radical (unpaired) electrons. The number of para-hydroxylation sites is 1. The molecule has 0 amide bonds. The van der Waals surface area contributed by atoms with Gasteiger partial charge in [-0.2, -0.15) is 0 Å². The van der Waals surface area contributed by atoms with Crippen molar-refractivity contribution in [2.24, 2.45) is 0 Å². The fourth-order valence-corrected chi connectivity index (χ4v) is 6.35. The van der Waals surface area contributed by atoms with Crippen molar-refractivity contribution in [3.05, 3.63) is 97.9 Å². The molecular formula is C32H28O6. The zero-order valence-corrected chi connectivity index (χ0v) is 21.3. The molecule has 1 aliphatic carbocycles. The highest BCUT2D eigenvalue weighted by Gasteiger charge is 2.35. The van der Waals surface area contributed by atoms with Crippen LogP contribution in [0.15, 0.2) is 57.7 Å². The molecule has 6 heteroatoms. The van der Waals surface area contributed by atoms with Crippen molar-refractivity contribution in [2.75, 3.05) is 13.2 Å². The molecule has 0 saturated carbocycles. The first-order chi connectivity index (χ1) is 18.6. The van der Waals surface area contributed by atoms with Crippen molar-refractivity contribution in [2.45, 2.75) is 51.4 Å². The van der Waals surface area contributed by atoms with E-state index in [0.29, 0.717) is 29.9 Å². The number of rotatable bonds is 5. The van der Waals surface area contributed by atoms with Gasteiger partial charge in [0.05, 0.1) is 25.0 Å². The smallest absolute Gasteiger partial charge is 0.339 e. The third kappa shape index (κ3) is 3.78. The Morgan fingerprint density at radius 1 is 1.00 bits per heavy atom. The summed E-state index contributed by atoms with van der Waals surface area (Å²) >= 11 is 0. The quantitative estimate of drug-likeness (QED) is 0.199. The maximum absolute atomic E-state index is 13.0. The van der Waals surface area contributed by atoms with Gasteiger partial charge in [0.2, 0.25) is 0 Å². The molecule has 0 spiro atoms. The summed E-state index contributed by atoms with van der Waals surface area (Å²) < 4.78 is 23.6. The number of ether oxygens (including phenoxy) is 3. The van der Waals surface area contributed by atoms with Gasteiger partial charge in [-0.15, -0.1) is 0 Å². The molecule has 4 aromatic rings. The Balaban J connectivity index is 1.25. The molecule has 2 aliphatic heterocycles. The lowest BCUT2D eigenvalue weighted by Gasteiger charge is -2.29. The topological polar surface area (TPSA) is 75.0 Å². The summed E-state index contributed by atoms with van der Waals surface area (Å²) in [5.41, 5.74) is 7.22. The minimum absolute atomic E-state index is 0.215. The molecule has 0 saturated heterocycles. The van der Waals surface area contributed by atoms with Crippen LogP contribution in [0.1, 0.15) is 57.7 Å². The SMILES string of the molecule is Cc1cc2oc(=O)c3c(c2c2c1C(c1ccccc1OCCc1ccc4c(c1)CCO4)CC(=O)O2)CCC3. The number of benzene rings is 3. The Morgan fingerprint density at radius 2 is 1.87 bits per heavy atom. The van der Waals surface area contributed by atoms with Crippen LogP contribution >= 0.6 is 0 Å². The van der Waals surface area contributed by atoms with E-state index in [4.69, 9.17) is 18.6 Å². The number of hydrogen-bond acceptors (Lipinski definition) is 6. The van der Waals surface area contributed by atoms with Gasteiger partial charge in [0.25, 0.3) is 0 Å². The highest BCUT2D eigenvalue weighted by Crippen LogP contribution is 2.48. The fraction of sp³-hybridized carbons (Fsp3) is 0.312. The standard InChI is InChI=1S/C32H28O6/c1-18-15-27-30(22-6-4-7-23(22)32(34)37-27)31-29(18)24(17-28(33)38-31)21-5-2-3-8-26(21)36-13-11-19-9-10-25-20(16-19)12-14-35-25/h2-3,5,8-10,15-16,24H,4,6-7,11-14,17H2,1H3. The maximum atomic E-state index is 13.0. The van der Waals surface area contributed by atoms with Gasteiger partial charge < -0.3 is 18.6 Å². The van der Waals surface area contributed by atoms with Crippen molar-refractivity contribution >= 4 is 16.9 Å². The molecule has 3 aromatic carbocycles. The predicted molar refractivity (Wildman–Crippen MR) is 143 cm³/mol. The van der Waals surface area contributed by atoms with Gasteiger partial charge in [0.1, 0.15) is 22.8 Å². The van der Waals surface area contributed by atoms with Gasteiger partial charge in [-0.3, -0.25) is 4.79 Å². The fourth-order valence-electron chi connectivity index (χ4n) is 6.35. The Hall–Kier alpha value is -4.06. The summed E-state index contributed by atoms with van der Waals surface area (Å²) in [6.07, 6.45) is 4.33. The first-order valence-corrected chi connectivity index (χ1v) is 13.4. The summed E-state index contributed by atoms with van der Waals surface area (Å²) in [7, 11) is 0. The molecule has 0 bridgehead atoms. The van der Waals surface area contributed by atoms with E-state index in [1.54, 1.807) is 0 Å². The Labute approximate surface area is 220 Å². The van der Waals surface area contributed by atoms with Crippen LogP contribution in [0, 0.1) is 6.92 Å². The van der Waals surface area contributed by atoms with Crippen LogP contribution in [0.3, 0.4) is 0 Å². The third-order valence-corrected chi connectivity index (χ3v) is 8.09. The molecule has 1 unspecified atom stereocenters. The van der Waals surface area contributed by atoms with Crippen LogP contribution in [0.5, 0.6) is 17.2 Å². The van der Waals surface area contributed by atoms with E-state index in [2.05, 4.69) is 12.1 Å². The Bertz CT molecular complexity index is 1660. The summed E-state index contributed by atoms with van der Waals surface area (Å²) in [6, 6.07) is 16.2. The normalized spacial score (nSPS) is 17.5. The van der Waals surface area contributed by atoms with E-state index >= 15 is 0 Å². The van der Waals surface area contributed by atoms with E-state index in [1.165, 1.54) is 11.1 Å². The van der Waals surface area contributed by atoms with Gasteiger partial charge in [-0.05, 0) is 66.6 Å². The second kappa shape index (κ2) is 9.05. The van der Waals surface area contributed by atoms with E-state index < -0.39 is 0 Å². The Kier molecular flexibility index (Phi) is 5.50. The monoisotopic (exact) mass is 508 g/mol. The van der Waals surface area contributed by atoms with Crippen LogP contribution in [0.4, 0.5) is 0 Å². The molecular weight excluding hydrogens is 480 g/mol. The van der Waals surface area contributed by atoms with Crippen molar-refractivity contribution in [3.63, 3.8) is 0 Å². The van der Waals surface area contributed by atoms with Crippen molar-refractivity contribution in [1.29, 1.82) is 0 Å². The van der Waals surface area contributed by atoms with Crippen LogP contribution in [-0.2, 0) is 30.5 Å². The molecule has 6 nitrogen and oxygen atoms in total. The number of carbonyl (C=O) groups is 1. The van der Waals surface area contributed by atoms with Gasteiger partial charge >= 0.3 is 11.6 Å². The lowest BCUT2D eigenvalue weighted by Crippen LogP contribution is -2.23. The predicted octanol–water partition coefficient (Wildman–Crippen LogP) is 5.59. The second-order valence-electron chi connectivity index (χ2n) is 10.4. The first kappa shape index (κ1) is 23.1. The summed E-state index contributed by atoms with van der Waals surface area (Å²) in [6.45, 7) is 3.26. The van der Waals surface area contributed by atoms with E-state index in [0.717, 1.165) is 71.4 Å². The average molecular weight is 509 g/mol. The minimum atomic E-state index is -0.289. The lowest BCUT2D eigenvalue weighted by molar-refractivity contribution is -0.135. The van der Waals surface area contributed by atoms with Crippen molar-refractivity contribution < 1.29 is 23.4 Å². The molecule has 0 N–H and O–H groups in total. The summed E-state index contributed by atoms with van der Waals surface area (Å²) in [4.78, 5) is 25.5. The Morgan fingerprint density at radius 3 is 2.79 bits per heavy atom. The van der Waals surface area contributed by atoms with Crippen LogP contribution in [0.2, 0.25) is 0 Å². The number of fused-ring (bicyclic) bond motifs is 6. The summed E-state index contributed by atoms with van der Waals surface area (Å²) in [5, 5.41) is 0.773. The molecule has 1 aromatic heterocycles. The molecule has 192 valence electrons. The largest absolute Gasteiger partial charge is 0.493 e. The number of esters is 1. The number of carbonyl (C=O) groups excluding carboxylic acids is 1. The number of hydrogen-bond donors (Lipinski definition) is 0. The van der Waals surface area contributed by atoms with E-state index in [9.17, 15) is 9.59 Å². The summed E-state index contributed by atoms with van der Waals surface area (Å²) in [5.74, 6) is 1.79. The molecule has 1 atom stereocenters. The molecule has 3 heterocycles. The van der Waals surface area contributed by atoms with Gasteiger partial charge in [0, 0.05) is 35.4 Å². The lowest BCUT2D eigenvalue weighted by atomic mass is 9.82. The maximum Gasteiger partial charge on any atom is 0.339 e. The highest BCUT2D eigenvalue weighted by atomic mass is 16.5. The van der Waals surface area contributed by atoms with Crippen LogP contribution in [0.25, 0.3) is 11.0 Å². The zero-order chi connectivity index (χ0) is 25.8. The second-order valence-corrected chi connectivity index (χ2v) is 10.4. The van der Waals surface area contributed by atoms with Crippen LogP contribution in [-0.4, -0.2) is 19.2 Å². The molecule has 38 heavy (non-hydrogen) atoms. The van der Waals surface area contributed by atoms with Gasteiger partial charge in [0.15, 0.2) is 0 Å². The van der Waals surface area contributed by atoms with Crippen molar-refractivity contribution in [3.8, 4) is 17.2 Å².